The third kappa shape index (κ3) is 8.08. The fourth-order valence-electron chi connectivity index (χ4n) is 1.74. The zero-order valence-electron chi connectivity index (χ0n) is 11.2. The molecule has 0 saturated heterocycles. The number of unbranched alkanes of at least 4 members (excludes halogenated alkanes) is 1. The second-order valence-corrected chi connectivity index (χ2v) is 4.45. The van der Waals surface area contributed by atoms with E-state index in [4.69, 9.17) is 9.84 Å². The number of aliphatic hydroxyl groups excluding tert-OH is 1. The van der Waals surface area contributed by atoms with Gasteiger partial charge in [-0.2, -0.15) is 0 Å². The van der Waals surface area contributed by atoms with Crippen LogP contribution in [0.5, 0.6) is 0 Å². The topological polar surface area (TPSA) is 41.5 Å². The van der Waals surface area contributed by atoms with Crippen LogP contribution in [0.15, 0.2) is 0 Å². The Morgan fingerprint density at radius 3 is 2.44 bits per heavy atom. The molecule has 0 aliphatic carbocycles. The highest BCUT2D eigenvalue weighted by atomic mass is 16.5. The van der Waals surface area contributed by atoms with Crippen LogP contribution in [0.2, 0.25) is 0 Å². The Labute approximate surface area is 101 Å². The van der Waals surface area contributed by atoms with Crippen molar-refractivity contribution in [1.29, 1.82) is 0 Å². The minimum absolute atomic E-state index is 0.224. The summed E-state index contributed by atoms with van der Waals surface area (Å²) in [5.74, 6) is 0.701. The Kier molecular flexibility index (Phi) is 11.3. The molecule has 0 spiro atoms. The fraction of sp³-hybridized carbons (Fsp3) is 1.00. The molecule has 2 unspecified atom stereocenters. The summed E-state index contributed by atoms with van der Waals surface area (Å²) in [6.07, 6.45) is 5.80. The van der Waals surface area contributed by atoms with Crippen molar-refractivity contribution in [1.82, 2.24) is 5.32 Å². The van der Waals surface area contributed by atoms with Gasteiger partial charge in [0.05, 0.1) is 6.61 Å². The van der Waals surface area contributed by atoms with Gasteiger partial charge < -0.3 is 15.2 Å². The van der Waals surface area contributed by atoms with E-state index in [-0.39, 0.29) is 12.6 Å². The summed E-state index contributed by atoms with van der Waals surface area (Å²) in [6, 6.07) is 0.286. The number of aliphatic hydroxyl groups is 1. The zero-order chi connectivity index (χ0) is 12.2. The SMILES string of the molecule is CCCCC(CC)COCC(CCO)NC. The first kappa shape index (κ1) is 15.9. The molecule has 16 heavy (non-hydrogen) atoms. The molecule has 2 N–H and O–H groups in total. The third-order valence-corrected chi connectivity index (χ3v) is 3.10. The van der Waals surface area contributed by atoms with Gasteiger partial charge in [0.15, 0.2) is 0 Å². The summed E-state index contributed by atoms with van der Waals surface area (Å²) in [5.41, 5.74) is 0. The quantitative estimate of drug-likeness (QED) is 0.573. The smallest absolute Gasteiger partial charge is 0.0620 e. The number of nitrogens with one attached hydrogen (secondary N) is 1. The van der Waals surface area contributed by atoms with Crippen LogP contribution in [0.25, 0.3) is 0 Å². The minimum atomic E-state index is 0.224. The number of hydrogen-bond donors (Lipinski definition) is 2. The Bertz CT molecular complexity index is 142. The van der Waals surface area contributed by atoms with Gasteiger partial charge in [0.1, 0.15) is 0 Å². The van der Waals surface area contributed by atoms with Crippen molar-refractivity contribution in [3.63, 3.8) is 0 Å². The molecule has 0 heterocycles. The Morgan fingerprint density at radius 1 is 1.19 bits per heavy atom. The molecule has 3 nitrogen and oxygen atoms in total. The third-order valence-electron chi connectivity index (χ3n) is 3.10. The molecule has 0 aromatic rings. The summed E-state index contributed by atoms with van der Waals surface area (Å²) >= 11 is 0. The maximum atomic E-state index is 8.84. The van der Waals surface area contributed by atoms with E-state index in [1.165, 1.54) is 25.7 Å². The monoisotopic (exact) mass is 231 g/mol. The average molecular weight is 231 g/mol. The first-order valence-corrected chi connectivity index (χ1v) is 6.64. The molecule has 0 aromatic carbocycles. The van der Waals surface area contributed by atoms with Gasteiger partial charge in [0.25, 0.3) is 0 Å². The maximum absolute atomic E-state index is 8.84. The predicted octanol–water partition coefficient (Wildman–Crippen LogP) is 2.19. The number of likely N-dealkylation sites (N-methyl/N-ethyl adjacent to an activating group) is 1. The van der Waals surface area contributed by atoms with Crippen LogP contribution < -0.4 is 5.32 Å². The van der Waals surface area contributed by atoms with Crippen molar-refractivity contribution in [2.45, 2.75) is 52.0 Å². The fourth-order valence-corrected chi connectivity index (χ4v) is 1.74. The van der Waals surface area contributed by atoms with E-state index in [1.54, 1.807) is 0 Å². The maximum Gasteiger partial charge on any atom is 0.0620 e. The van der Waals surface area contributed by atoms with E-state index in [2.05, 4.69) is 19.2 Å². The van der Waals surface area contributed by atoms with Gasteiger partial charge in [-0.1, -0.05) is 33.1 Å². The zero-order valence-corrected chi connectivity index (χ0v) is 11.2. The molecular formula is C13H29NO2. The Hall–Kier alpha value is -0.120. The van der Waals surface area contributed by atoms with E-state index in [0.29, 0.717) is 12.5 Å². The lowest BCUT2D eigenvalue weighted by Crippen LogP contribution is -2.32. The van der Waals surface area contributed by atoms with E-state index in [9.17, 15) is 0 Å². The largest absolute Gasteiger partial charge is 0.396 e. The highest BCUT2D eigenvalue weighted by molar-refractivity contribution is 4.63. The summed E-state index contributed by atoms with van der Waals surface area (Å²) in [6.45, 7) is 6.25. The van der Waals surface area contributed by atoms with E-state index < -0.39 is 0 Å². The molecule has 0 amide bonds. The normalized spacial score (nSPS) is 15.0. The van der Waals surface area contributed by atoms with Crippen molar-refractivity contribution >= 4 is 0 Å². The van der Waals surface area contributed by atoms with Crippen molar-refractivity contribution in [3.8, 4) is 0 Å². The van der Waals surface area contributed by atoms with Crippen LogP contribution in [-0.2, 0) is 4.74 Å². The summed E-state index contributed by atoms with van der Waals surface area (Å²) < 4.78 is 5.72. The predicted molar refractivity (Wildman–Crippen MR) is 68.7 cm³/mol. The molecule has 0 bridgehead atoms. The molecule has 0 aliphatic rings. The van der Waals surface area contributed by atoms with Crippen LogP contribution in [-0.4, -0.2) is 38.0 Å². The molecule has 0 aliphatic heterocycles. The summed E-state index contributed by atoms with van der Waals surface area (Å²) in [7, 11) is 1.91. The van der Waals surface area contributed by atoms with Crippen molar-refractivity contribution in [2.75, 3.05) is 26.9 Å². The summed E-state index contributed by atoms with van der Waals surface area (Å²) in [5, 5.41) is 12.0. The lowest BCUT2D eigenvalue weighted by atomic mass is 10.0. The van der Waals surface area contributed by atoms with E-state index in [0.717, 1.165) is 13.0 Å². The van der Waals surface area contributed by atoms with Gasteiger partial charge in [-0.3, -0.25) is 0 Å². The number of rotatable bonds is 11. The van der Waals surface area contributed by atoms with Gasteiger partial charge in [0, 0.05) is 19.3 Å². The average Bonchev–Trinajstić information content (AvgIpc) is 2.32. The van der Waals surface area contributed by atoms with Crippen molar-refractivity contribution in [2.24, 2.45) is 5.92 Å². The van der Waals surface area contributed by atoms with Crippen LogP contribution in [0.1, 0.15) is 46.0 Å². The van der Waals surface area contributed by atoms with Gasteiger partial charge in [0.2, 0.25) is 0 Å². The van der Waals surface area contributed by atoms with Gasteiger partial charge in [-0.15, -0.1) is 0 Å². The van der Waals surface area contributed by atoms with Crippen LogP contribution in [0, 0.1) is 5.92 Å². The second kappa shape index (κ2) is 11.4. The molecule has 0 aromatic heterocycles. The minimum Gasteiger partial charge on any atom is -0.396 e. The molecule has 3 heteroatoms. The van der Waals surface area contributed by atoms with Crippen LogP contribution in [0.4, 0.5) is 0 Å². The molecule has 0 saturated carbocycles. The molecule has 98 valence electrons. The van der Waals surface area contributed by atoms with Crippen molar-refractivity contribution in [3.05, 3.63) is 0 Å². The molecule has 2 atom stereocenters. The van der Waals surface area contributed by atoms with Gasteiger partial charge in [-0.05, 0) is 25.8 Å². The molecule has 0 radical (unpaired) electrons. The van der Waals surface area contributed by atoms with Gasteiger partial charge >= 0.3 is 0 Å². The van der Waals surface area contributed by atoms with Crippen LogP contribution >= 0.6 is 0 Å². The second-order valence-electron chi connectivity index (χ2n) is 4.45. The van der Waals surface area contributed by atoms with E-state index >= 15 is 0 Å². The highest BCUT2D eigenvalue weighted by Crippen LogP contribution is 2.12. The van der Waals surface area contributed by atoms with Crippen molar-refractivity contribution < 1.29 is 9.84 Å². The summed E-state index contributed by atoms with van der Waals surface area (Å²) in [4.78, 5) is 0. The van der Waals surface area contributed by atoms with E-state index in [1.807, 2.05) is 7.05 Å². The molecule has 0 rings (SSSR count). The van der Waals surface area contributed by atoms with Gasteiger partial charge in [-0.25, -0.2) is 0 Å². The Balaban J connectivity index is 3.58. The highest BCUT2D eigenvalue weighted by Gasteiger charge is 2.09. The number of hydrogen-bond acceptors (Lipinski definition) is 3. The first-order chi connectivity index (χ1) is 7.78. The first-order valence-electron chi connectivity index (χ1n) is 6.64. The Morgan fingerprint density at radius 2 is 1.94 bits per heavy atom. The standard InChI is InChI=1S/C13H29NO2/c1-4-6-7-12(5-2)10-16-11-13(14-3)8-9-15/h12-15H,4-11H2,1-3H3. The number of ether oxygens (including phenoxy) is 1. The lowest BCUT2D eigenvalue weighted by Gasteiger charge is -2.18. The molecule has 0 fully saturated rings. The van der Waals surface area contributed by atoms with Crippen LogP contribution in [0.3, 0.4) is 0 Å². The molecular weight excluding hydrogens is 202 g/mol. The lowest BCUT2D eigenvalue weighted by molar-refractivity contribution is 0.0723.